The zero-order chi connectivity index (χ0) is 10.7. The molecular weight excluding hydrogens is 206 g/mol. The normalized spacial score (nSPS) is 17.2. The molecule has 0 aromatic heterocycles. The Morgan fingerprint density at radius 2 is 2.07 bits per heavy atom. The smallest absolute Gasteiger partial charge is 0.186 e. The quantitative estimate of drug-likeness (QED) is 0.775. The van der Waals surface area contributed by atoms with Gasteiger partial charge < -0.3 is 9.47 Å². The molecule has 15 heavy (non-hydrogen) atoms. The summed E-state index contributed by atoms with van der Waals surface area (Å²) < 4.78 is 35.3. The van der Waals surface area contributed by atoms with Crippen LogP contribution in [0.15, 0.2) is 18.2 Å². The van der Waals surface area contributed by atoms with E-state index >= 15 is 0 Å². The van der Waals surface area contributed by atoms with Crippen molar-refractivity contribution in [3.63, 3.8) is 0 Å². The Labute approximate surface area is 85.5 Å². The summed E-state index contributed by atoms with van der Waals surface area (Å²) in [6.07, 6.45) is -0.648. The Kier molecular flexibility index (Phi) is 3.25. The molecule has 1 fully saturated rings. The van der Waals surface area contributed by atoms with Crippen molar-refractivity contribution < 1.29 is 23.3 Å². The van der Waals surface area contributed by atoms with Gasteiger partial charge in [-0.1, -0.05) is 12.1 Å². The van der Waals surface area contributed by atoms with Gasteiger partial charge in [-0.2, -0.15) is 4.94 Å². The highest BCUT2D eigenvalue weighted by Crippen LogP contribution is 2.26. The van der Waals surface area contributed by atoms with Crippen molar-refractivity contribution in [1.29, 1.82) is 0 Å². The number of rotatable bonds is 3. The second-order valence-electron chi connectivity index (χ2n) is 3.18. The summed E-state index contributed by atoms with van der Waals surface area (Å²) in [7, 11) is 0. The summed E-state index contributed by atoms with van der Waals surface area (Å²) in [5.74, 6) is -0.476. The van der Waals surface area contributed by atoms with Gasteiger partial charge in [0.2, 0.25) is 0 Å². The number of ether oxygens (including phenoxy) is 2. The molecule has 1 aliphatic heterocycles. The van der Waals surface area contributed by atoms with Gasteiger partial charge in [0.25, 0.3) is 0 Å². The number of halogens is 2. The highest BCUT2D eigenvalue weighted by atomic mass is 19.3. The molecule has 0 unspecified atom stereocenters. The van der Waals surface area contributed by atoms with E-state index in [1.807, 2.05) is 0 Å². The first-order chi connectivity index (χ1) is 7.31. The fourth-order valence-corrected chi connectivity index (χ4v) is 1.45. The summed E-state index contributed by atoms with van der Waals surface area (Å²) in [4.78, 5) is 3.42. The van der Waals surface area contributed by atoms with Gasteiger partial charge in [0, 0.05) is 5.56 Å². The first-order valence-electron chi connectivity index (χ1n) is 4.56. The van der Waals surface area contributed by atoms with Crippen LogP contribution < -0.4 is 0 Å². The molecule has 82 valence electrons. The summed E-state index contributed by atoms with van der Waals surface area (Å²) in [6, 6.07) is 4.29. The SMILES string of the molecule is FOCc1ccc(C2OCCO2)c(F)c1. The molecule has 2 rings (SSSR count). The van der Waals surface area contributed by atoms with Crippen molar-refractivity contribution in [2.45, 2.75) is 12.9 Å². The minimum atomic E-state index is -0.648. The molecule has 1 aliphatic rings. The number of hydrogen-bond donors (Lipinski definition) is 0. The first kappa shape index (κ1) is 10.5. The molecule has 1 heterocycles. The van der Waals surface area contributed by atoms with Gasteiger partial charge in [-0.05, 0) is 16.2 Å². The van der Waals surface area contributed by atoms with E-state index in [1.165, 1.54) is 12.1 Å². The second-order valence-corrected chi connectivity index (χ2v) is 3.18. The molecule has 0 radical (unpaired) electrons. The zero-order valence-corrected chi connectivity index (χ0v) is 7.91. The third kappa shape index (κ3) is 2.31. The van der Waals surface area contributed by atoms with Crippen LogP contribution in [0, 0.1) is 5.82 Å². The maximum Gasteiger partial charge on any atom is 0.186 e. The number of benzene rings is 1. The molecule has 1 saturated heterocycles. The third-order valence-corrected chi connectivity index (χ3v) is 2.16. The molecule has 0 saturated carbocycles. The van der Waals surface area contributed by atoms with Crippen molar-refractivity contribution in [1.82, 2.24) is 0 Å². The lowest BCUT2D eigenvalue weighted by atomic mass is 10.1. The van der Waals surface area contributed by atoms with Crippen molar-refractivity contribution >= 4 is 0 Å². The van der Waals surface area contributed by atoms with E-state index in [9.17, 15) is 8.92 Å². The largest absolute Gasteiger partial charge is 0.346 e. The van der Waals surface area contributed by atoms with E-state index in [0.29, 0.717) is 24.3 Å². The summed E-state index contributed by atoms with van der Waals surface area (Å²) >= 11 is 0. The zero-order valence-electron chi connectivity index (χ0n) is 7.91. The van der Waals surface area contributed by atoms with Gasteiger partial charge in [-0.25, -0.2) is 4.39 Å². The molecule has 0 spiro atoms. The van der Waals surface area contributed by atoms with Gasteiger partial charge in [-0.15, -0.1) is 0 Å². The Hall–Kier alpha value is -1.04. The van der Waals surface area contributed by atoms with Crippen molar-refractivity contribution in [2.75, 3.05) is 13.2 Å². The van der Waals surface area contributed by atoms with E-state index in [4.69, 9.17) is 9.47 Å². The molecule has 0 N–H and O–H groups in total. The monoisotopic (exact) mass is 216 g/mol. The Morgan fingerprint density at radius 3 is 2.67 bits per heavy atom. The lowest BCUT2D eigenvalue weighted by Gasteiger charge is -2.10. The maximum atomic E-state index is 13.5. The van der Waals surface area contributed by atoms with Gasteiger partial charge in [0.05, 0.1) is 13.2 Å². The van der Waals surface area contributed by atoms with Gasteiger partial charge in [-0.3, -0.25) is 0 Å². The van der Waals surface area contributed by atoms with Crippen LogP contribution in [0.2, 0.25) is 0 Å². The molecule has 5 heteroatoms. The average Bonchev–Trinajstić information content (AvgIpc) is 2.71. The van der Waals surface area contributed by atoms with E-state index in [0.717, 1.165) is 0 Å². The molecule has 0 bridgehead atoms. The van der Waals surface area contributed by atoms with Crippen LogP contribution in [-0.2, 0) is 21.0 Å². The number of hydrogen-bond acceptors (Lipinski definition) is 3. The van der Waals surface area contributed by atoms with Crippen LogP contribution >= 0.6 is 0 Å². The topological polar surface area (TPSA) is 27.7 Å². The Bertz CT molecular complexity index is 337. The highest BCUT2D eigenvalue weighted by Gasteiger charge is 2.21. The first-order valence-corrected chi connectivity index (χ1v) is 4.56. The summed E-state index contributed by atoms with van der Waals surface area (Å²) in [5.41, 5.74) is 0.756. The fraction of sp³-hybridized carbons (Fsp3) is 0.400. The van der Waals surface area contributed by atoms with Crippen LogP contribution in [-0.4, -0.2) is 13.2 Å². The van der Waals surface area contributed by atoms with Gasteiger partial charge >= 0.3 is 0 Å². The minimum Gasteiger partial charge on any atom is -0.346 e. The van der Waals surface area contributed by atoms with Crippen LogP contribution in [0.4, 0.5) is 8.92 Å². The Morgan fingerprint density at radius 1 is 1.33 bits per heavy atom. The van der Waals surface area contributed by atoms with Crippen molar-refractivity contribution in [3.05, 3.63) is 35.1 Å². The standard InChI is InChI=1S/C10H10F2O3/c11-9-5-7(6-15-12)1-2-8(9)10-13-3-4-14-10/h1-2,5,10H,3-4,6H2. The minimum absolute atomic E-state index is 0.260. The fourth-order valence-electron chi connectivity index (χ4n) is 1.45. The predicted molar refractivity (Wildman–Crippen MR) is 46.9 cm³/mol. The van der Waals surface area contributed by atoms with Crippen molar-refractivity contribution in [2.24, 2.45) is 0 Å². The van der Waals surface area contributed by atoms with Crippen molar-refractivity contribution in [3.8, 4) is 0 Å². The maximum absolute atomic E-state index is 13.5. The molecule has 1 aromatic carbocycles. The van der Waals surface area contributed by atoms with E-state index in [1.54, 1.807) is 6.07 Å². The Balaban J connectivity index is 2.18. The molecule has 0 amide bonds. The van der Waals surface area contributed by atoms with E-state index < -0.39 is 12.1 Å². The van der Waals surface area contributed by atoms with Gasteiger partial charge in [0.1, 0.15) is 12.4 Å². The average molecular weight is 216 g/mol. The highest BCUT2D eigenvalue weighted by molar-refractivity contribution is 5.25. The second kappa shape index (κ2) is 4.65. The van der Waals surface area contributed by atoms with Crippen LogP contribution in [0.25, 0.3) is 0 Å². The molecule has 0 atom stereocenters. The lowest BCUT2D eigenvalue weighted by molar-refractivity contribution is -0.144. The van der Waals surface area contributed by atoms with Crippen LogP contribution in [0.1, 0.15) is 17.4 Å². The lowest BCUT2D eigenvalue weighted by Crippen LogP contribution is -2.02. The molecule has 1 aromatic rings. The molecular formula is C10H10F2O3. The summed E-state index contributed by atoms with van der Waals surface area (Å²) in [5, 5.41) is 0. The van der Waals surface area contributed by atoms with E-state index in [2.05, 4.69) is 4.94 Å². The van der Waals surface area contributed by atoms with E-state index in [-0.39, 0.29) is 6.61 Å². The molecule has 0 aliphatic carbocycles. The predicted octanol–water partition coefficient (Wildman–Crippen LogP) is 2.27. The third-order valence-electron chi connectivity index (χ3n) is 2.16. The van der Waals surface area contributed by atoms with Crippen LogP contribution in [0.5, 0.6) is 0 Å². The molecule has 3 nitrogen and oxygen atoms in total. The summed E-state index contributed by atoms with van der Waals surface area (Å²) in [6.45, 7) is 0.655. The van der Waals surface area contributed by atoms with Gasteiger partial charge in [0.15, 0.2) is 6.29 Å². The van der Waals surface area contributed by atoms with Crippen LogP contribution in [0.3, 0.4) is 0 Å².